The number of carbonyl (C=O) groups is 1. The minimum atomic E-state index is -0.664. The molecule has 1 aliphatic rings. The van der Waals surface area contributed by atoms with Crippen LogP contribution < -0.4 is 0 Å². The van der Waals surface area contributed by atoms with Crippen molar-refractivity contribution in [1.82, 2.24) is 0 Å². The highest BCUT2D eigenvalue weighted by Gasteiger charge is 2.41. The van der Waals surface area contributed by atoms with Gasteiger partial charge in [0.25, 0.3) is 0 Å². The van der Waals surface area contributed by atoms with E-state index in [1.54, 1.807) is 0 Å². The Kier molecular flexibility index (Phi) is 2.45. The van der Waals surface area contributed by atoms with Crippen molar-refractivity contribution < 1.29 is 9.90 Å². The molecular formula is C10H17O2. The van der Waals surface area contributed by atoms with Crippen LogP contribution in [0.5, 0.6) is 0 Å². The summed E-state index contributed by atoms with van der Waals surface area (Å²) in [5.74, 6) is 1.13. The monoisotopic (exact) mass is 169 g/mol. The second kappa shape index (κ2) is 3.08. The van der Waals surface area contributed by atoms with Gasteiger partial charge in [0.15, 0.2) is 0 Å². The molecule has 1 aliphatic carbocycles. The Morgan fingerprint density at radius 1 is 1.67 bits per heavy atom. The number of hydrogen-bond donors (Lipinski definition) is 1. The number of aliphatic carboxylic acids is 1. The van der Waals surface area contributed by atoms with Crippen LogP contribution in [0, 0.1) is 17.3 Å². The summed E-state index contributed by atoms with van der Waals surface area (Å²) in [7, 11) is 0. The van der Waals surface area contributed by atoms with Gasteiger partial charge in [0.2, 0.25) is 0 Å². The molecule has 0 saturated heterocycles. The Bertz CT molecular complexity index is 184. The van der Waals surface area contributed by atoms with E-state index < -0.39 is 5.97 Å². The van der Waals surface area contributed by atoms with Crippen LogP contribution in [0.3, 0.4) is 0 Å². The first kappa shape index (κ1) is 9.56. The quantitative estimate of drug-likeness (QED) is 0.689. The first-order valence-corrected chi connectivity index (χ1v) is 4.49. The van der Waals surface area contributed by atoms with E-state index in [1.807, 2.05) is 0 Å². The summed E-state index contributed by atoms with van der Waals surface area (Å²) in [5.41, 5.74) is 0.137. The molecule has 1 N–H and O–H groups in total. The summed E-state index contributed by atoms with van der Waals surface area (Å²) < 4.78 is 0. The van der Waals surface area contributed by atoms with Gasteiger partial charge in [-0.1, -0.05) is 20.8 Å². The molecular weight excluding hydrogens is 152 g/mol. The lowest BCUT2D eigenvalue weighted by Crippen LogP contribution is -2.24. The van der Waals surface area contributed by atoms with Crippen molar-refractivity contribution >= 4 is 5.97 Å². The molecule has 0 spiro atoms. The van der Waals surface area contributed by atoms with Gasteiger partial charge in [-0.05, 0) is 30.1 Å². The molecule has 0 aromatic rings. The molecule has 12 heavy (non-hydrogen) atoms. The van der Waals surface area contributed by atoms with Crippen molar-refractivity contribution in [1.29, 1.82) is 0 Å². The maximum Gasteiger partial charge on any atom is 0.303 e. The minimum Gasteiger partial charge on any atom is -0.481 e. The van der Waals surface area contributed by atoms with Crippen LogP contribution in [0.1, 0.15) is 40.0 Å². The second-order valence-corrected chi connectivity index (χ2v) is 4.34. The van der Waals surface area contributed by atoms with Crippen LogP contribution in [-0.4, -0.2) is 11.1 Å². The lowest BCUT2D eigenvalue weighted by atomic mass is 9.75. The molecule has 0 aliphatic heterocycles. The highest BCUT2D eigenvalue weighted by atomic mass is 16.4. The average molecular weight is 169 g/mol. The number of rotatable bonds is 2. The van der Waals surface area contributed by atoms with Crippen molar-refractivity contribution in [3.63, 3.8) is 0 Å². The first-order valence-electron chi connectivity index (χ1n) is 4.49. The molecule has 1 unspecified atom stereocenters. The first-order chi connectivity index (χ1) is 5.44. The van der Waals surface area contributed by atoms with Gasteiger partial charge in [0, 0.05) is 6.42 Å². The fraction of sp³-hybridized carbons (Fsp3) is 0.800. The summed E-state index contributed by atoms with van der Waals surface area (Å²) in [4.78, 5) is 10.5. The molecule has 1 radical (unpaired) electrons. The van der Waals surface area contributed by atoms with Gasteiger partial charge >= 0.3 is 5.97 Å². The third kappa shape index (κ3) is 1.62. The van der Waals surface area contributed by atoms with Gasteiger partial charge in [-0.25, -0.2) is 0 Å². The van der Waals surface area contributed by atoms with E-state index in [0.29, 0.717) is 12.3 Å². The van der Waals surface area contributed by atoms with Gasteiger partial charge in [0.05, 0.1) is 0 Å². The largest absolute Gasteiger partial charge is 0.481 e. The Labute approximate surface area is 74.0 Å². The highest BCUT2D eigenvalue weighted by molar-refractivity contribution is 5.67. The van der Waals surface area contributed by atoms with E-state index in [1.165, 1.54) is 5.92 Å². The van der Waals surface area contributed by atoms with Gasteiger partial charge in [-0.2, -0.15) is 0 Å². The molecule has 0 aromatic heterocycles. The molecule has 0 amide bonds. The summed E-state index contributed by atoms with van der Waals surface area (Å²) in [6.07, 6.45) is 2.47. The van der Waals surface area contributed by atoms with Crippen molar-refractivity contribution in [3.05, 3.63) is 5.92 Å². The topological polar surface area (TPSA) is 37.3 Å². The molecule has 1 fully saturated rings. The molecule has 0 aromatic carbocycles. The standard InChI is InChI=1S/C10H17O2/c1-7-4-5-8(6-9(11)12)10(7,2)3/h8H,4-6H2,1-3H3,(H,11,12). The van der Waals surface area contributed by atoms with E-state index in [4.69, 9.17) is 5.11 Å². The molecule has 1 atom stereocenters. The normalized spacial score (nSPS) is 29.1. The predicted octanol–water partition coefficient (Wildman–Crippen LogP) is 2.49. The predicted molar refractivity (Wildman–Crippen MR) is 47.7 cm³/mol. The van der Waals surface area contributed by atoms with E-state index in [0.717, 1.165) is 12.8 Å². The van der Waals surface area contributed by atoms with Crippen LogP contribution in [-0.2, 0) is 4.79 Å². The van der Waals surface area contributed by atoms with Crippen molar-refractivity contribution in [2.24, 2.45) is 11.3 Å². The van der Waals surface area contributed by atoms with Crippen LogP contribution in [0.4, 0.5) is 0 Å². The van der Waals surface area contributed by atoms with Crippen molar-refractivity contribution in [2.45, 2.75) is 40.0 Å². The molecule has 0 bridgehead atoms. The van der Waals surface area contributed by atoms with Crippen molar-refractivity contribution in [3.8, 4) is 0 Å². The molecule has 1 saturated carbocycles. The highest BCUT2D eigenvalue weighted by Crippen LogP contribution is 2.49. The summed E-state index contributed by atoms with van der Waals surface area (Å²) in [5, 5.41) is 8.68. The van der Waals surface area contributed by atoms with E-state index >= 15 is 0 Å². The number of carboxylic acids is 1. The number of hydrogen-bond acceptors (Lipinski definition) is 1. The number of carboxylic acid groups (broad SMARTS) is 1. The fourth-order valence-corrected chi connectivity index (χ4v) is 1.99. The van der Waals surface area contributed by atoms with Crippen molar-refractivity contribution in [2.75, 3.05) is 0 Å². The Hall–Kier alpha value is -0.530. The molecule has 1 rings (SSSR count). The van der Waals surface area contributed by atoms with E-state index in [2.05, 4.69) is 20.8 Å². The summed E-state index contributed by atoms with van der Waals surface area (Å²) in [6.45, 7) is 6.45. The second-order valence-electron chi connectivity index (χ2n) is 4.34. The smallest absolute Gasteiger partial charge is 0.303 e. The van der Waals surface area contributed by atoms with Crippen LogP contribution in [0.2, 0.25) is 0 Å². The Morgan fingerprint density at radius 2 is 2.25 bits per heavy atom. The van der Waals surface area contributed by atoms with Crippen LogP contribution in [0.15, 0.2) is 0 Å². The van der Waals surface area contributed by atoms with E-state index in [9.17, 15) is 4.79 Å². The van der Waals surface area contributed by atoms with E-state index in [-0.39, 0.29) is 5.41 Å². The lowest BCUT2D eigenvalue weighted by Gasteiger charge is -2.29. The third-order valence-corrected chi connectivity index (χ3v) is 3.41. The Balaban J connectivity index is 2.62. The van der Waals surface area contributed by atoms with Crippen LogP contribution >= 0.6 is 0 Å². The fourth-order valence-electron chi connectivity index (χ4n) is 1.99. The Morgan fingerprint density at radius 3 is 2.58 bits per heavy atom. The zero-order chi connectivity index (χ0) is 9.35. The van der Waals surface area contributed by atoms with Gasteiger partial charge in [-0.15, -0.1) is 0 Å². The SMILES string of the molecule is C[C]1CCC(CC(=O)O)C1(C)C. The maximum atomic E-state index is 10.5. The van der Waals surface area contributed by atoms with Gasteiger partial charge in [-0.3, -0.25) is 4.79 Å². The molecule has 69 valence electrons. The minimum absolute atomic E-state index is 0.137. The lowest BCUT2D eigenvalue weighted by molar-refractivity contribution is -0.138. The summed E-state index contributed by atoms with van der Waals surface area (Å²) in [6, 6.07) is 0. The maximum absolute atomic E-state index is 10.5. The van der Waals surface area contributed by atoms with Crippen LogP contribution in [0.25, 0.3) is 0 Å². The zero-order valence-electron chi connectivity index (χ0n) is 8.05. The van der Waals surface area contributed by atoms with Gasteiger partial charge < -0.3 is 5.11 Å². The molecule has 2 heteroatoms. The average Bonchev–Trinajstić information content (AvgIpc) is 2.15. The zero-order valence-corrected chi connectivity index (χ0v) is 8.05. The molecule has 0 heterocycles. The third-order valence-electron chi connectivity index (χ3n) is 3.41. The summed E-state index contributed by atoms with van der Waals surface area (Å²) >= 11 is 0. The van der Waals surface area contributed by atoms with Gasteiger partial charge in [0.1, 0.15) is 0 Å². The molecule has 2 nitrogen and oxygen atoms in total.